The maximum atomic E-state index is 12.2. The van der Waals surface area contributed by atoms with Gasteiger partial charge in [0.1, 0.15) is 0 Å². The Balaban J connectivity index is 1.42. The van der Waals surface area contributed by atoms with E-state index in [4.69, 9.17) is 24.1 Å². The summed E-state index contributed by atoms with van der Waals surface area (Å²) >= 11 is 0. The maximum Gasteiger partial charge on any atom is 0.305 e. The van der Waals surface area contributed by atoms with Gasteiger partial charge in [-0.25, -0.2) is 0 Å². The van der Waals surface area contributed by atoms with Crippen LogP contribution in [0.2, 0.25) is 0 Å². The third-order valence-electron chi connectivity index (χ3n) is 4.31. The van der Waals surface area contributed by atoms with Crippen LogP contribution in [0.1, 0.15) is 29.0 Å². The maximum absolute atomic E-state index is 12.2. The number of carboxylic acid groups (broad SMARTS) is 1. The first-order valence-corrected chi connectivity index (χ1v) is 11.0. The van der Waals surface area contributed by atoms with Gasteiger partial charge in [0.15, 0.2) is 5.82 Å². The third-order valence-corrected chi connectivity index (χ3v) is 4.31. The second kappa shape index (κ2) is 16.5. The molecular weight excluding hydrogens is 446 g/mol. The molecule has 0 radical (unpaired) electrons. The normalized spacial score (nSPS) is 10.9. The van der Waals surface area contributed by atoms with Crippen LogP contribution in [0, 0.1) is 6.92 Å². The molecule has 0 saturated carbocycles. The molecule has 12 nitrogen and oxygen atoms in total. The number of rotatable bonds is 18. The van der Waals surface area contributed by atoms with E-state index in [2.05, 4.69) is 25.7 Å². The zero-order valence-electron chi connectivity index (χ0n) is 19.3. The number of nitrogens with zero attached hydrogens (tertiary/aromatic N) is 4. The van der Waals surface area contributed by atoms with Crippen LogP contribution in [-0.2, 0) is 23.7 Å². The minimum Gasteiger partial charge on any atom is -0.481 e. The number of hydrogen-bond donors (Lipinski definition) is 2. The van der Waals surface area contributed by atoms with Crippen LogP contribution in [0.4, 0.5) is 0 Å². The molecule has 34 heavy (non-hydrogen) atoms. The molecule has 0 aliphatic carbocycles. The Morgan fingerprint density at radius 1 is 0.794 bits per heavy atom. The zero-order valence-corrected chi connectivity index (χ0v) is 19.3. The van der Waals surface area contributed by atoms with Gasteiger partial charge in [-0.15, -0.1) is 20.4 Å². The Morgan fingerprint density at radius 3 is 1.88 bits per heavy atom. The van der Waals surface area contributed by atoms with Gasteiger partial charge in [-0.05, 0) is 25.5 Å². The molecule has 0 aliphatic rings. The molecule has 0 atom stereocenters. The molecule has 0 unspecified atom stereocenters. The van der Waals surface area contributed by atoms with Crippen LogP contribution in [0.3, 0.4) is 0 Å². The topological polar surface area (TPSA) is 155 Å². The Morgan fingerprint density at radius 2 is 1.32 bits per heavy atom. The molecule has 0 fully saturated rings. The number of carbonyl (C=O) groups excluding carboxylic acids is 1. The SMILES string of the molecule is Cc1nnc(-c2ccc(C(=O)NCCCOCCOCCOCCOCCC(=O)O)cc2)nn1. The first-order valence-electron chi connectivity index (χ1n) is 11.0. The molecule has 0 aliphatic heterocycles. The van der Waals surface area contributed by atoms with Gasteiger partial charge in [-0.1, -0.05) is 12.1 Å². The minimum atomic E-state index is -0.880. The lowest BCUT2D eigenvalue weighted by Crippen LogP contribution is -2.25. The second-order valence-corrected chi connectivity index (χ2v) is 7.05. The van der Waals surface area contributed by atoms with Crippen molar-refractivity contribution >= 4 is 11.9 Å². The van der Waals surface area contributed by atoms with Crippen molar-refractivity contribution in [1.29, 1.82) is 0 Å². The van der Waals surface area contributed by atoms with Crippen LogP contribution >= 0.6 is 0 Å². The largest absolute Gasteiger partial charge is 0.481 e. The standard InChI is InChI=1S/C22H31N5O7/c1-17-24-26-21(27-25-17)18-3-5-19(6-4-18)22(30)23-8-2-9-31-11-13-33-15-16-34-14-12-32-10-7-20(28)29/h3-6H,2,7-16H2,1H3,(H,23,30)(H,28,29). The predicted molar refractivity (Wildman–Crippen MR) is 120 cm³/mol. The number of aromatic nitrogens is 4. The smallest absolute Gasteiger partial charge is 0.305 e. The average molecular weight is 478 g/mol. The van der Waals surface area contributed by atoms with Gasteiger partial charge in [-0.2, -0.15) is 0 Å². The molecule has 1 amide bonds. The van der Waals surface area contributed by atoms with E-state index in [1.54, 1.807) is 31.2 Å². The van der Waals surface area contributed by atoms with Gasteiger partial charge in [0, 0.05) is 24.3 Å². The van der Waals surface area contributed by atoms with Crippen molar-refractivity contribution in [2.75, 3.05) is 59.4 Å². The van der Waals surface area contributed by atoms with E-state index in [9.17, 15) is 9.59 Å². The van der Waals surface area contributed by atoms with Crippen molar-refractivity contribution in [2.45, 2.75) is 19.8 Å². The summed E-state index contributed by atoms with van der Waals surface area (Å²) in [6.07, 6.45) is 0.675. The summed E-state index contributed by atoms with van der Waals surface area (Å²) in [5.41, 5.74) is 1.28. The molecule has 186 valence electrons. The molecule has 1 aromatic carbocycles. The predicted octanol–water partition coefficient (Wildman–Crippen LogP) is 0.903. The molecule has 1 aromatic heterocycles. The first-order chi connectivity index (χ1) is 16.6. The number of aryl methyl sites for hydroxylation is 1. The fraction of sp³-hybridized carbons (Fsp3) is 0.545. The summed E-state index contributed by atoms with van der Waals surface area (Å²) in [6.45, 7) is 5.44. The molecule has 1 heterocycles. The number of carbonyl (C=O) groups is 2. The van der Waals surface area contributed by atoms with Crippen molar-refractivity contribution in [2.24, 2.45) is 0 Å². The van der Waals surface area contributed by atoms with E-state index >= 15 is 0 Å². The molecule has 2 rings (SSSR count). The molecule has 2 aromatic rings. The summed E-state index contributed by atoms with van der Waals surface area (Å²) < 4.78 is 21.3. The van der Waals surface area contributed by atoms with Gasteiger partial charge in [0.05, 0.1) is 52.7 Å². The van der Waals surface area contributed by atoms with Crippen molar-refractivity contribution in [1.82, 2.24) is 25.7 Å². The lowest BCUT2D eigenvalue weighted by Gasteiger charge is -2.08. The van der Waals surface area contributed by atoms with Crippen LogP contribution in [-0.4, -0.2) is 96.8 Å². The Bertz CT molecular complexity index is 850. The van der Waals surface area contributed by atoms with E-state index in [0.717, 1.165) is 5.56 Å². The first kappa shape index (κ1) is 27.2. The molecular formula is C22H31N5O7. The van der Waals surface area contributed by atoms with E-state index in [1.165, 1.54) is 0 Å². The van der Waals surface area contributed by atoms with Crippen LogP contribution in [0.25, 0.3) is 11.4 Å². The van der Waals surface area contributed by atoms with Crippen molar-refractivity contribution in [3.05, 3.63) is 35.7 Å². The number of amides is 1. The lowest BCUT2D eigenvalue weighted by molar-refractivity contribution is -0.138. The minimum absolute atomic E-state index is 0.00899. The van der Waals surface area contributed by atoms with E-state index in [-0.39, 0.29) is 18.9 Å². The van der Waals surface area contributed by atoms with Crippen LogP contribution < -0.4 is 5.32 Å². The number of aliphatic carboxylic acids is 1. The monoisotopic (exact) mass is 477 g/mol. The van der Waals surface area contributed by atoms with Crippen molar-refractivity contribution in [3.8, 4) is 11.4 Å². The van der Waals surface area contributed by atoms with Gasteiger partial charge < -0.3 is 29.4 Å². The summed E-state index contributed by atoms with van der Waals surface area (Å²) in [5, 5.41) is 27.0. The van der Waals surface area contributed by atoms with E-state index < -0.39 is 5.97 Å². The zero-order chi connectivity index (χ0) is 24.4. The molecule has 12 heteroatoms. The number of ether oxygens (including phenoxy) is 4. The highest BCUT2D eigenvalue weighted by Crippen LogP contribution is 2.14. The number of benzene rings is 1. The average Bonchev–Trinajstić information content (AvgIpc) is 2.84. The van der Waals surface area contributed by atoms with Gasteiger partial charge in [-0.3, -0.25) is 9.59 Å². The summed E-state index contributed by atoms with van der Waals surface area (Å²) in [6, 6.07) is 6.93. The lowest BCUT2D eigenvalue weighted by atomic mass is 10.1. The van der Waals surface area contributed by atoms with Crippen LogP contribution in [0.5, 0.6) is 0 Å². The Hall–Kier alpha value is -3.06. The molecule has 2 N–H and O–H groups in total. The fourth-order valence-electron chi connectivity index (χ4n) is 2.57. The second-order valence-electron chi connectivity index (χ2n) is 7.05. The van der Waals surface area contributed by atoms with E-state index in [1.807, 2.05) is 0 Å². The van der Waals surface area contributed by atoms with Gasteiger partial charge in [0.2, 0.25) is 5.82 Å². The Kier molecular flexibility index (Phi) is 13.2. The van der Waals surface area contributed by atoms with Crippen molar-refractivity contribution < 1.29 is 33.6 Å². The Labute approximate surface area is 198 Å². The number of nitrogens with one attached hydrogen (secondary N) is 1. The summed E-state index contributed by atoms with van der Waals surface area (Å²) in [7, 11) is 0. The van der Waals surface area contributed by atoms with Crippen LogP contribution in [0.15, 0.2) is 24.3 Å². The quantitative estimate of drug-likeness (QED) is 0.294. The summed E-state index contributed by atoms with van der Waals surface area (Å²) in [5.74, 6) is -0.139. The summed E-state index contributed by atoms with van der Waals surface area (Å²) in [4.78, 5) is 22.5. The third kappa shape index (κ3) is 11.7. The number of hydrogen-bond acceptors (Lipinski definition) is 10. The number of carboxylic acids is 1. The van der Waals surface area contributed by atoms with Gasteiger partial charge in [0.25, 0.3) is 5.91 Å². The highest BCUT2D eigenvalue weighted by Gasteiger charge is 2.07. The van der Waals surface area contributed by atoms with E-state index in [0.29, 0.717) is 76.4 Å². The highest BCUT2D eigenvalue weighted by molar-refractivity contribution is 5.94. The molecule has 0 bridgehead atoms. The van der Waals surface area contributed by atoms with Crippen molar-refractivity contribution in [3.63, 3.8) is 0 Å². The van der Waals surface area contributed by atoms with Gasteiger partial charge >= 0.3 is 5.97 Å². The molecule has 0 spiro atoms. The fourth-order valence-corrected chi connectivity index (χ4v) is 2.57. The highest BCUT2D eigenvalue weighted by atomic mass is 16.6. The molecule has 0 saturated heterocycles.